The van der Waals surface area contributed by atoms with Gasteiger partial charge in [-0.25, -0.2) is 0 Å². The van der Waals surface area contributed by atoms with Crippen molar-refractivity contribution < 1.29 is 9.59 Å². The fourth-order valence-electron chi connectivity index (χ4n) is 2.60. The first-order valence-corrected chi connectivity index (χ1v) is 10.6. The number of para-hydroxylation sites is 1. The van der Waals surface area contributed by atoms with Crippen LogP contribution in [-0.4, -0.2) is 29.4 Å². The Morgan fingerprint density at radius 1 is 1.19 bits per heavy atom. The van der Waals surface area contributed by atoms with Crippen molar-refractivity contribution in [3.8, 4) is 0 Å². The molecule has 136 valence electrons. The van der Waals surface area contributed by atoms with Crippen LogP contribution >= 0.6 is 23.5 Å². The van der Waals surface area contributed by atoms with Crippen molar-refractivity contribution in [2.24, 2.45) is 0 Å². The molecule has 0 saturated heterocycles. The van der Waals surface area contributed by atoms with Crippen LogP contribution in [0.15, 0.2) is 53.4 Å². The third kappa shape index (κ3) is 5.29. The molecule has 4 nitrogen and oxygen atoms in total. The number of rotatable bonds is 7. The van der Waals surface area contributed by atoms with Gasteiger partial charge in [0.25, 0.3) is 0 Å². The zero-order chi connectivity index (χ0) is 18.4. The van der Waals surface area contributed by atoms with Gasteiger partial charge in [0.05, 0.1) is 10.9 Å². The van der Waals surface area contributed by atoms with E-state index in [9.17, 15) is 9.59 Å². The molecule has 2 aromatic carbocycles. The summed E-state index contributed by atoms with van der Waals surface area (Å²) in [5.74, 6) is 1.62. The predicted molar refractivity (Wildman–Crippen MR) is 110 cm³/mol. The summed E-state index contributed by atoms with van der Waals surface area (Å²) in [4.78, 5) is 25.3. The molecule has 0 saturated carbocycles. The summed E-state index contributed by atoms with van der Waals surface area (Å²) >= 11 is 3.25. The topological polar surface area (TPSA) is 58.2 Å². The number of amides is 2. The van der Waals surface area contributed by atoms with Gasteiger partial charge in [0.15, 0.2) is 0 Å². The first-order valence-electron chi connectivity index (χ1n) is 8.58. The van der Waals surface area contributed by atoms with Gasteiger partial charge in [0, 0.05) is 29.4 Å². The molecule has 0 aromatic heterocycles. The molecule has 1 heterocycles. The monoisotopic (exact) mass is 386 g/mol. The van der Waals surface area contributed by atoms with Crippen LogP contribution in [0.25, 0.3) is 0 Å². The van der Waals surface area contributed by atoms with Crippen LogP contribution in [0.4, 0.5) is 5.69 Å². The first kappa shape index (κ1) is 18.9. The van der Waals surface area contributed by atoms with Crippen molar-refractivity contribution >= 4 is 41.0 Å². The van der Waals surface area contributed by atoms with E-state index in [1.54, 1.807) is 11.8 Å². The van der Waals surface area contributed by atoms with Crippen molar-refractivity contribution in [3.63, 3.8) is 0 Å². The summed E-state index contributed by atoms with van der Waals surface area (Å²) in [6.07, 6.45) is 0.202. The highest BCUT2D eigenvalue weighted by molar-refractivity contribution is 8.01. The van der Waals surface area contributed by atoms with E-state index in [4.69, 9.17) is 0 Å². The van der Waals surface area contributed by atoms with Crippen LogP contribution < -0.4 is 10.6 Å². The lowest BCUT2D eigenvalue weighted by Gasteiger charge is -2.23. The van der Waals surface area contributed by atoms with Crippen LogP contribution in [0.1, 0.15) is 17.5 Å². The van der Waals surface area contributed by atoms with Gasteiger partial charge in [-0.05, 0) is 24.6 Å². The Labute approximate surface area is 162 Å². The lowest BCUT2D eigenvalue weighted by atomic mass is 10.2. The van der Waals surface area contributed by atoms with Gasteiger partial charge >= 0.3 is 0 Å². The number of thioether (sulfide) groups is 2. The van der Waals surface area contributed by atoms with Gasteiger partial charge < -0.3 is 10.6 Å². The van der Waals surface area contributed by atoms with Crippen LogP contribution in [0.5, 0.6) is 0 Å². The van der Waals surface area contributed by atoms with Gasteiger partial charge in [0.1, 0.15) is 0 Å². The second-order valence-corrected chi connectivity index (χ2v) is 8.53. The lowest BCUT2D eigenvalue weighted by Crippen LogP contribution is -2.35. The van der Waals surface area contributed by atoms with E-state index in [1.165, 1.54) is 22.9 Å². The van der Waals surface area contributed by atoms with Gasteiger partial charge in [0.2, 0.25) is 11.8 Å². The zero-order valence-corrected chi connectivity index (χ0v) is 16.3. The summed E-state index contributed by atoms with van der Waals surface area (Å²) in [6, 6.07) is 16.2. The maximum Gasteiger partial charge on any atom is 0.238 e. The van der Waals surface area contributed by atoms with E-state index in [1.807, 2.05) is 24.3 Å². The number of hydrogen-bond acceptors (Lipinski definition) is 4. The molecule has 0 bridgehead atoms. The number of anilines is 1. The van der Waals surface area contributed by atoms with E-state index in [2.05, 4.69) is 41.8 Å². The summed E-state index contributed by atoms with van der Waals surface area (Å²) in [5, 5.41) is 5.42. The van der Waals surface area contributed by atoms with Crippen LogP contribution in [0.2, 0.25) is 0 Å². The predicted octanol–water partition coefficient (Wildman–Crippen LogP) is 3.85. The molecule has 2 amide bonds. The highest BCUT2D eigenvalue weighted by atomic mass is 32.2. The molecule has 26 heavy (non-hydrogen) atoms. The molecule has 1 aliphatic rings. The maximum atomic E-state index is 12.1. The number of aryl methyl sites for hydroxylation is 1. The normalized spacial score (nSPS) is 15.9. The zero-order valence-electron chi connectivity index (χ0n) is 14.7. The minimum atomic E-state index is -0.370. The minimum Gasteiger partial charge on any atom is -0.355 e. The summed E-state index contributed by atoms with van der Waals surface area (Å²) in [5.41, 5.74) is 3.38. The molecule has 0 aliphatic carbocycles. The van der Waals surface area contributed by atoms with Crippen molar-refractivity contribution in [2.75, 3.05) is 17.6 Å². The third-order valence-corrected chi connectivity index (χ3v) is 6.34. The van der Waals surface area contributed by atoms with Crippen molar-refractivity contribution in [1.29, 1.82) is 0 Å². The van der Waals surface area contributed by atoms with E-state index < -0.39 is 0 Å². The number of benzene rings is 2. The standard InChI is InChI=1S/C20H22N2O2S2/c1-14-6-8-15(9-7-14)13-25-11-10-21-19(23)12-18-20(24)22-16-4-2-3-5-17(16)26-18/h2-9,18H,10-13H2,1H3,(H,21,23)(H,22,24). The average Bonchev–Trinajstić information content (AvgIpc) is 2.63. The molecular weight excluding hydrogens is 364 g/mol. The number of carbonyl (C=O) groups excluding carboxylic acids is 2. The molecule has 1 aliphatic heterocycles. The van der Waals surface area contributed by atoms with E-state index in [0.717, 1.165) is 22.1 Å². The van der Waals surface area contributed by atoms with Crippen LogP contribution in [0, 0.1) is 6.92 Å². The van der Waals surface area contributed by atoms with Gasteiger partial charge in [-0.1, -0.05) is 42.0 Å². The molecule has 2 aromatic rings. The van der Waals surface area contributed by atoms with Crippen LogP contribution in [-0.2, 0) is 15.3 Å². The second kappa shape index (κ2) is 9.14. The van der Waals surface area contributed by atoms with Crippen molar-refractivity contribution in [3.05, 3.63) is 59.7 Å². The minimum absolute atomic E-state index is 0.0760. The lowest BCUT2D eigenvalue weighted by molar-refractivity contribution is -0.123. The number of hydrogen-bond donors (Lipinski definition) is 2. The van der Waals surface area contributed by atoms with Crippen LogP contribution in [0.3, 0.4) is 0 Å². The summed E-state index contributed by atoms with van der Waals surface area (Å²) in [6.45, 7) is 2.70. The van der Waals surface area contributed by atoms with E-state index in [-0.39, 0.29) is 23.5 Å². The fraction of sp³-hybridized carbons (Fsp3) is 0.300. The Kier molecular flexibility index (Phi) is 6.63. The summed E-state index contributed by atoms with van der Waals surface area (Å²) in [7, 11) is 0. The fourth-order valence-corrected chi connectivity index (χ4v) is 4.53. The van der Waals surface area contributed by atoms with Gasteiger partial charge in [-0.15, -0.1) is 11.8 Å². The Hall–Kier alpha value is -1.92. The Bertz CT molecular complexity index is 778. The molecule has 0 radical (unpaired) electrons. The molecule has 6 heteroatoms. The Balaban J connectivity index is 1.36. The number of carbonyl (C=O) groups is 2. The largest absolute Gasteiger partial charge is 0.355 e. The molecule has 3 rings (SSSR count). The van der Waals surface area contributed by atoms with Gasteiger partial charge in [-0.2, -0.15) is 11.8 Å². The molecule has 0 fully saturated rings. The first-order chi connectivity index (χ1) is 12.6. The maximum absolute atomic E-state index is 12.1. The van der Waals surface area contributed by atoms with E-state index in [0.29, 0.717) is 6.54 Å². The molecule has 0 spiro atoms. The highest BCUT2D eigenvalue weighted by Gasteiger charge is 2.28. The second-order valence-electron chi connectivity index (χ2n) is 6.18. The molecular formula is C20H22N2O2S2. The van der Waals surface area contributed by atoms with Crippen molar-refractivity contribution in [1.82, 2.24) is 5.32 Å². The molecule has 2 N–H and O–H groups in total. The Morgan fingerprint density at radius 2 is 1.96 bits per heavy atom. The molecule has 1 unspecified atom stereocenters. The van der Waals surface area contributed by atoms with Crippen molar-refractivity contribution in [2.45, 2.75) is 29.2 Å². The van der Waals surface area contributed by atoms with Gasteiger partial charge in [-0.3, -0.25) is 9.59 Å². The quantitative estimate of drug-likeness (QED) is 0.710. The summed E-state index contributed by atoms with van der Waals surface area (Å²) < 4.78 is 0. The third-order valence-electron chi connectivity index (χ3n) is 4.04. The van der Waals surface area contributed by atoms with E-state index >= 15 is 0 Å². The molecule has 1 atom stereocenters. The average molecular weight is 387 g/mol. The number of nitrogens with one attached hydrogen (secondary N) is 2. The SMILES string of the molecule is Cc1ccc(CSCCNC(=O)CC2Sc3ccccc3NC2=O)cc1. The smallest absolute Gasteiger partial charge is 0.238 e. The highest BCUT2D eigenvalue weighted by Crippen LogP contribution is 2.36. The Morgan fingerprint density at radius 3 is 2.77 bits per heavy atom. The number of fused-ring (bicyclic) bond motifs is 1.